The second-order valence-electron chi connectivity index (χ2n) is 9.85. The van der Waals surface area contributed by atoms with E-state index in [0.29, 0.717) is 35.4 Å². The number of benzene rings is 1. The Balaban J connectivity index is 1.31. The first-order valence-corrected chi connectivity index (χ1v) is 13.3. The summed E-state index contributed by atoms with van der Waals surface area (Å²) >= 11 is 6.15. The summed E-state index contributed by atoms with van der Waals surface area (Å²) in [5, 5.41) is 3.74. The fourth-order valence-corrected chi connectivity index (χ4v) is 5.31. The highest BCUT2D eigenvalue weighted by Crippen LogP contribution is 2.28. The van der Waals surface area contributed by atoms with Gasteiger partial charge in [0.15, 0.2) is 0 Å². The van der Waals surface area contributed by atoms with Crippen molar-refractivity contribution >= 4 is 23.2 Å². The summed E-state index contributed by atoms with van der Waals surface area (Å²) in [4.78, 5) is 25.7. The van der Waals surface area contributed by atoms with Gasteiger partial charge in [-0.1, -0.05) is 17.7 Å². The molecular weight excluding hydrogens is 489 g/mol. The van der Waals surface area contributed by atoms with Crippen molar-refractivity contribution < 1.29 is 9.18 Å². The van der Waals surface area contributed by atoms with Gasteiger partial charge in [-0.2, -0.15) is 4.39 Å². The number of rotatable bonds is 9. The fourth-order valence-electron chi connectivity index (χ4n) is 5.18. The van der Waals surface area contributed by atoms with Crippen LogP contribution in [0.1, 0.15) is 53.4 Å². The molecule has 3 aromatic rings. The average molecular weight is 524 g/mol. The van der Waals surface area contributed by atoms with Crippen LogP contribution < -0.4 is 10.2 Å². The quantitative estimate of drug-likeness (QED) is 0.372. The molecular formula is C29H35ClFN5O. The van der Waals surface area contributed by atoms with E-state index < -0.39 is 5.95 Å². The Labute approximate surface area is 223 Å². The molecule has 8 heteroatoms. The molecule has 1 atom stereocenters. The molecule has 0 bridgehead atoms. The van der Waals surface area contributed by atoms with Crippen LogP contribution in [0.15, 0.2) is 54.9 Å². The molecule has 3 heterocycles. The molecule has 6 nitrogen and oxygen atoms in total. The number of nitrogens with one attached hydrogen (secondary N) is 1. The van der Waals surface area contributed by atoms with Gasteiger partial charge in [-0.25, -0.2) is 4.98 Å². The van der Waals surface area contributed by atoms with Gasteiger partial charge < -0.3 is 15.1 Å². The highest BCUT2D eigenvalue weighted by atomic mass is 35.5. The molecule has 196 valence electrons. The molecule has 0 radical (unpaired) electrons. The van der Waals surface area contributed by atoms with Crippen LogP contribution in [0.5, 0.6) is 0 Å². The first kappa shape index (κ1) is 27.0. The average Bonchev–Trinajstić information content (AvgIpc) is 2.88. The van der Waals surface area contributed by atoms with Crippen molar-refractivity contribution in [2.75, 3.05) is 24.5 Å². The Bertz CT molecular complexity index is 1160. The normalized spacial score (nSPS) is 15.4. The smallest absolute Gasteiger partial charge is 0.253 e. The van der Waals surface area contributed by atoms with Gasteiger partial charge in [0.1, 0.15) is 0 Å². The number of carbonyl (C=O) groups is 1. The lowest BCUT2D eigenvalue weighted by Crippen LogP contribution is -2.48. The number of aromatic nitrogens is 2. The highest BCUT2D eigenvalue weighted by Gasteiger charge is 2.27. The molecule has 1 aliphatic heterocycles. The van der Waals surface area contributed by atoms with Crippen LogP contribution in [-0.2, 0) is 6.54 Å². The zero-order valence-electron chi connectivity index (χ0n) is 21.8. The largest absolute Gasteiger partial charge is 0.364 e. The second kappa shape index (κ2) is 12.5. The van der Waals surface area contributed by atoms with Gasteiger partial charge in [-0.3, -0.25) is 9.78 Å². The number of nitrogens with zero attached hydrogens (tertiary/aromatic N) is 4. The number of hydrogen-bond donors (Lipinski definition) is 1. The summed E-state index contributed by atoms with van der Waals surface area (Å²) in [5.41, 5.74) is 3.84. The maximum Gasteiger partial charge on any atom is 0.253 e. The third-order valence-electron chi connectivity index (χ3n) is 7.24. The molecule has 1 aliphatic rings. The third-order valence-corrected chi connectivity index (χ3v) is 7.49. The molecule has 1 saturated heterocycles. The predicted molar refractivity (Wildman–Crippen MR) is 147 cm³/mol. The molecule has 0 aliphatic carbocycles. The van der Waals surface area contributed by atoms with Gasteiger partial charge in [-0.05, 0) is 87.6 Å². The highest BCUT2D eigenvalue weighted by molar-refractivity contribution is 6.30. The molecule has 1 unspecified atom stereocenters. The maximum atomic E-state index is 13.5. The summed E-state index contributed by atoms with van der Waals surface area (Å²) in [7, 11) is 0. The lowest BCUT2D eigenvalue weighted by atomic mass is 9.99. The number of anilines is 1. The number of carbonyl (C=O) groups excluding carboxylic acids is 1. The van der Waals surface area contributed by atoms with E-state index >= 15 is 0 Å². The monoisotopic (exact) mass is 523 g/mol. The van der Waals surface area contributed by atoms with E-state index in [4.69, 9.17) is 11.6 Å². The van der Waals surface area contributed by atoms with Gasteiger partial charge in [0.2, 0.25) is 5.95 Å². The van der Waals surface area contributed by atoms with Crippen molar-refractivity contribution in [2.45, 2.75) is 58.7 Å². The Morgan fingerprint density at radius 3 is 2.59 bits per heavy atom. The zero-order chi connectivity index (χ0) is 26.4. The second-order valence-corrected chi connectivity index (χ2v) is 10.3. The van der Waals surface area contributed by atoms with Gasteiger partial charge in [0.05, 0.1) is 11.3 Å². The molecule has 0 spiro atoms. The zero-order valence-corrected chi connectivity index (χ0v) is 22.5. The molecule has 1 aromatic carbocycles. The van der Waals surface area contributed by atoms with E-state index in [1.807, 2.05) is 24.4 Å². The number of halogens is 2. The van der Waals surface area contributed by atoms with Crippen LogP contribution in [0, 0.1) is 19.8 Å². The number of aryl methyl sites for hydroxylation is 2. The van der Waals surface area contributed by atoms with Crippen molar-refractivity contribution in [3.63, 3.8) is 0 Å². The van der Waals surface area contributed by atoms with E-state index in [1.54, 1.807) is 20.0 Å². The van der Waals surface area contributed by atoms with Crippen LogP contribution in [0.4, 0.5) is 10.1 Å². The molecule has 1 N–H and O–H groups in total. The van der Waals surface area contributed by atoms with E-state index in [-0.39, 0.29) is 5.91 Å². The molecule has 0 saturated carbocycles. The minimum atomic E-state index is -0.557. The van der Waals surface area contributed by atoms with Crippen LogP contribution in [0.2, 0.25) is 5.02 Å². The van der Waals surface area contributed by atoms with E-state index in [2.05, 4.69) is 50.2 Å². The van der Waals surface area contributed by atoms with Crippen LogP contribution in [-0.4, -0.2) is 52.5 Å². The minimum Gasteiger partial charge on any atom is -0.364 e. The summed E-state index contributed by atoms with van der Waals surface area (Å²) in [6, 6.07) is 14.2. The predicted octanol–water partition coefficient (Wildman–Crippen LogP) is 5.57. The van der Waals surface area contributed by atoms with Crippen molar-refractivity contribution in [3.8, 4) is 0 Å². The first-order valence-electron chi connectivity index (χ1n) is 12.9. The van der Waals surface area contributed by atoms with Crippen molar-refractivity contribution in [1.29, 1.82) is 0 Å². The van der Waals surface area contributed by atoms with Crippen LogP contribution in [0.25, 0.3) is 0 Å². The topological polar surface area (TPSA) is 61.4 Å². The summed E-state index contributed by atoms with van der Waals surface area (Å²) in [6.45, 7) is 8.98. The van der Waals surface area contributed by atoms with Crippen molar-refractivity contribution in [1.82, 2.24) is 20.2 Å². The first-order chi connectivity index (χ1) is 17.8. The van der Waals surface area contributed by atoms with Crippen LogP contribution in [0.3, 0.4) is 0 Å². The summed E-state index contributed by atoms with van der Waals surface area (Å²) < 4.78 is 13.5. The fraction of sp³-hybridized carbons (Fsp3) is 0.414. The Kier molecular flexibility index (Phi) is 9.11. The van der Waals surface area contributed by atoms with Gasteiger partial charge in [0, 0.05) is 61.4 Å². The minimum absolute atomic E-state index is 0.192. The SMILES string of the molecule is Cc1cc(F)nc(C)c1C(=O)NCCC(C)N1CCC(N(Cc2cccnc2)c2ccc(Cl)cc2)CC1. The van der Waals surface area contributed by atoms with E-state index in [9.17, 15) is 9.18 Å². The molecule has 37 heavy (non-hydrogen) atoms. The van der Waals surface area contributed by atoms with Crippen molar-refractivity contribution in [2.24, 2.45) is 0 Å². The van der Waals surface area contributed by atoms with Gasteiger partial charge >= 0.3 is 0 Å². The maximum absolute atomic E-state index is 13.5. The molecule has 1 fully saturated rings. The van der Waals surface area contributed by atoms with Crippen molar-refractivity contribution in [3.05, 3.63) is 88.2 Å². The standard InChI is InChI=1S/C29H35ClFN5O/c1-20-17-27(31)34-22(3)28(20)29(37)33-14-10-21(2)35-15-11-26(12-16-35)36(19-23-5-4-13-32-18-23)25-8-6-24(30)7-9-25/h4-9,13,17-18,21,26H,10-12,14-16,19H2,1-3H3,(H,33,37). The number of pyridine rings is 2. The lowest BCUT2D eigenvalue weighted by molar-refractivity contribution is 0.0943. The van der Waals surface area contributed by atoms with E-state index in [1.165, 1.54) is 17.3 Å². The Hall–Kier alpha value is -3.03. The summed E-state index contributed by atoms with van der Waals surface area (Å²) in [6.07, 6.45) is 6.69. The summed E-state index contributed by atoms with van der Waals surface area (Å²) in [5.74, 6) is -0.749. The number of hydrogen-bond acceptors (Lipinski definition) is 5. The van der Waals surface area contributed by atoms with E-state index in [0.717, 1.165) is 43.9 Å². The number of amides is 1. The number of likely N-dealkylation sites (tertiary alicyclic amines) is 1. The van der Waals surface area contributed by atoms with Crippen LogP contribution >= 0.6 is 11.6 Å². The Morgan fingerprint density at radius 1 is 1.22 bits per heavy atom. The Morgan fingerprint density at radius 2 is 1.95 bits per heavy atom. The van der Waals surface area contributed by atoms with Gasteiger partial charge in [0.25, 0.3) is 5.91 Å². The molecule has 4 rings (SSSR count). The third kappa shape index (κ3) is 7.05. The van der Waals surface area contributed by atoms with Gasteiger partial charge in [-0.15, -0.1) is 0 Å². The molecule has 2 aromatic heterocycles. The number of piperidine rings is 1. The molecule has 1 amide bonds. The lowest BCUT2D eigenvalue weighted by Gasteiger charge is -2.42.